The number of nitrogens with zero attached hydrogens (tertiary/aromatic N) is 1. The Labute approximate surface area is 359 Å². The Balaban J connectivity index is 0.00000234. The van der Waals surface area contributed by atoms with Crippen molar-refractivity contribution in [1.82, 2.24) is 0 Å². The van der Waals surface area contributed by atoms with Crippen LogP contribution in [0, 0.1) is 117 Å². The van der Waals surface area contributed by atoms with Crippen molar-refractivity contribution in [2.75, 3.05) is 6.61 Å². The molecule has 11 heteroatoms. The van der Waals surface area contributed by atoms with Crippen LogP contribution in [0.4, 0.5) is 0 Å². The molecule has 9 nitrogen and oxygen atoms in total. The van der Waals surface area contributed by atoms with Gasteiger partial charge in [-0.2, -0.15) is 0 Å². The Morgan fingerprint density at radius 1 is 0.980 bits per heavy atom. The molecule has 3 aliphatic carbocycles. The summed E-state index contributed by atoms with van der Waals surface area (Å²) in [5.41, 5.74) is -2.72. The topological polar surface area (TPSA) is 135 Å². The van der Waals surface area contributed by atoms with Crippen LogP contribution in [-0.4, -0.2) is 75.2 Å². The normalized spacial score (nSPS) is 40.4. The van der Waals surface area contributed by atoms with E-state index in [2.05, 4.69) is 0 Å². The molecule has 2 aliphatic heterocycles. The third-order valence-electron chi connectivity index (χ3n) is 12.7. The van der Waals surface area contributed by atoms with Gasteiger partial charge < -0.3 is 29.5 Å². The van der Waals surface area contributed by atoms with Crippen LogP contribution >= 0.6 is 0 Å². The number of aliphatic imine (C=N–C) groups is 1. The number of fused-ring (bicyclic) bond motifs is 5. The second-order valence-corrected chi connectivity index (χ2v) is 15.2. The number of hydrogen-bond acceptors (Lipinski definition) is 9. The van der Waals surface area contributed by atoms with E-state index in [0.717, 1.165) is 11.1 Å². The van der Waals surface area contributed by atoms with Crippen LogP contribution in [-0.2, 0) is 23.8 Å². The maximum absolute atomic E-state index is 14.5. The van der Waals surface area contributed by atoms with Crippen molar-refractivity contribution >= 4 is 17.7 Å². The summed E-state index contributed by atoms with van der Waals surface area (Å²) in [4.78, 5) is 33.5. The van der Waals surface area contributed by atoms with Crippen molar-refractivity contribution in [3.63, 3.8) is 0 Å². The molecule has 1 saturated heterocycles. The first-order chi connectivity index (χ1) is 22.2. The van der Waals surface area contributed by atoms with Gasteiger partial charge in [-0.05, 0) is 54.0 Å². The predicted molar refractivity (Wildman–Crippen MR) is 173 cm³/mol. The Hall–Kier alpha value is -0.487. The van der Waals surface area contributed by atoms with E-state index in [1.807, 2.05) is 95.3 Å². The van der Waals surface area contributed by atoms with Gasteiger partial charge in [0.05, 0.1) is 18.3 Å². The van der Waals surface area contributed by atoms with Gasteiger partial charge in [-0.3, -0.25) is 4.79 Å². The van der Waals surface area contributed by atoms with Crippen molar-refractivity contribution in [2.24, 2.45) is 33.6 Å². The Morgan fingerprint density at radius 3 is 2.18 bits per heavy atom. The first-order valence-corrected chi connectivity index (χ1v) is 16.7. The minimum atomic E-state index is -1.58. The summed E-state index contributed by atoms with van der Waals surface area (Å²) in [6, 6.07) is 18.1. The second-order valence-electron chi connectivity index (χ2n) is 15.2. The maximum atomic E-state index is 14.5. The van der Waals surface area contributed by atoms with E-state index in [1.54, 1.807) is 6.92 Å². The summed E-state index contributed by atoms with van der Waals surface area (Å²) < 4.78 is 18.3. The van der Waals surface area contributed by atoms with Crippen LogP contribution in [0.25, 0.3) is 0 Å². The molecule has 5 aliphatic rings. The van der Waals surface area contributed by atoms with Gasteiger partial charge in [-0.1, -0.05) is 83.1 Å². The fraction of sp³-hybridized carbons (Fsp3) is 0.553. The molecule has 2 aromatic carbocycles. The molecule has 2 heterocycles. The minimum absolute atomic E-state index is 0. The van der Waals surface area contributed by atoms with Crippen molar-refractivity contribution in [2.45, 2.75) is 96.0 Å². The smallest absolute Gasteiger partial charge is 0.350 e. The molecule has 7 unspecified atom stereocenters. The van der Waals surface area contributed by atoms with Crippen LogP contribution in [0.15, 0.2) is 76.8 Å². The van der Waals surface area contributed by atoms with Crippen LogP contribution in [0.2, 0.25) is 0 Å². The largest absolute Gasteiger partial charge is 0.459 e. The van der Waals surface area contributed by atoms with Gasteiger partial charge in [0.25, 0.3) is 0 Å². The third-order valence-corrected chi connectivity index (χ3v) is 12.7. The number of carbonyl (C=O) groups is 2. The summed E-state index contributed by atoms with van der Waals surface area (Å²) in [6.45, 7) is 11.1. The van der Waals surface area contributed by atoms with Gasteiger partial charge in [0.1, 0.15) is 23.9 Å². The van der Waals surface area contributed by atoms with E-state index in [0.29, 0.717) is 23.5 Å². The van der Waals surface area contributed by atoms with E-state index in [1.165, 1.54) is 0 Å². The quantitative estimate of drug-likeness (QED) is 0.305. The maximum Gasteiger partial charge on any atom is 0.350 e. The summed E-state index contributed by atoms with van der Waals surface area (Å²) in [6.07, 6.45) is -3.59. The third kappa shape index (κ3) is 5.87. The van der Waals surface area contributed by atoms with E-state index in [-0.39, 0.29) is 113 Å². The van der Waals surface area contributed by atoms with Crippen LogP contribution < -0.4 is 0 Å². The van der Waals surface area contributed by atoms with Crippen molar-refractivity contribution in [1.29, 1.82) is 0 Å². The van der Waals surface area contributed by atoms with E-state index in [4.69, 9.17) is 19.2 Å². The number of hydrogen-bond donors (Lipinski definition) is 3. The molecule has 3 N–H and O–H groups in total. The molecular formula is C38H45Ac2NO8. The Bertz CT molecular complexity index is 1670. The zero-order valence-electron chi connectivity index (χ0n) is 29.0. The SMILES string of the molecule is CC1=C2C(O)C(=O)[C@@]3(C)C([C@H](C)C(O)(CC1OC(=O)[C@@H]1OC(c4ccccc4)=NC1c1ccccc1)C2(C)C)C1(O)COC1C[C@@H]3C.[Ac].[Ac]. The number of rotatable bonds is 4. The van der Waals surface area contributed by atoms with E-state index < -0.39 is 70.3 Å². The molecule has 256 valence electrons. The van der Waals surface area contributed by atoms with Crippen LogP contribution in [0.3, 0.4) is 0 Å². The molecule has 0 amide bonds. The van der Waals surface area contributed by atoms with Crippen molar-refractivity contribution in [3.05, 3.63) is 82.9 Å². The average Bonchev–Trinajstić information content (AvgIpc) is 3.50. The zero-order chi connectivity index (χ0) is 33.7. The van der Waals surface area contributed by atoms with Crippen molar-refractivity contribution < 1.29 is 127 Å². The molecule has 11 atom stereocenters. The van der Waals surface area contributed by atoms with Gasteiger partial charge >= 0.3 is 5.97 Å². The molecule has 2 bridgehead atoms. The monoisotopic (exact) mass is 1100 g/mol. The van der Waals surface area contributed by atoms with E-state index in [9.17, 15) is 24.9 Å². The summed E-state index contributed by atoms with van der Waals surface area (Å²) >= 11 is 0. The van der Waals surface area contributed by atoms with E-state index >= 15 is 0 Å². The molecule has 0 spiro atoms. The predicted octanol–water partition coefficient (Wildman–Crippen LogP) is 4.33. The van der Waals surface area contributed by atoms with Crippen LogP contribution in [0.5, 0.6) is 0 Å². The number of Topliss-reactive ketones (excluding diaryl/α,β-unsaturated/α-hetero) is 1. The molecule has 2 radical (unpaired) electrons. The standard InChI is InChI=1S/C38H45NO8.2Ac/c1-20-17-26-37(43,19-45-26)31-22(3)38(44)18-25(21(2)27(35(38,4)5)29(40)32(41)36(20,31)6)46-34(42)30-28(23-13-9-7-10-14-23)39-33(47-30)24-15-11-8-12-16-24;;/h7-16,20,22,25-26,28-31,40,43-44H,17-19H2,1-6H3;;/t20-,22-,25?,26?,28?,29?,30+,31?,36+,37?,38?;;/m0../s1. The number of aliphatic hydroxyl groups is 3. The fourth-order valence-corrected chi connectivity index (χ4v) is 9.82. The zero-order valence-corrected chi connectivity index (χ0v) is 38.5. The summed E-state index contributed by atoms with van der Waals surface area (Å²) in [5.74, 6) is -2.27. The first-order valence-electron chi connectivity index (χ1n) is 16.7. The molecule has 49 heavy (non-hydrogen) atoms. The van der Waals surface area contributed by atoms with Gasteiger partial charge in [0.15, 0.2) is 5.78 Å². The molecule has 7 rings (SSSR count). The number of aliphatic hydroxyl groups excluding tert-OH is 1. The molecule has 0 aromatic heterocycles. The number of carbonyl (C=O) groups excluding carboxylic acids is 2. The summed E-state index contributed by atoms with van der Waals surface area (Å²) in [7, 11) is 0. The summed E-state index contributed by atoms with van der Waals surface area (Å²) in [5, 5.41) is 36.9. The molecule has 3 fully saturated rings. The second kappa shape index (κ2) is 14.1. The first kappa shape index (κ1) is 39.7. The number of esters is 1. The number of ketones is 1. The molecular weight excluding hydrogens is 1050 g/mol. The number of benzene rings is 2. The fourth-order valence-electron chi connectivity index (χ4n) is 9.82. The van der Waals surface area contributed by atoms with Gasteiger partial charge in [-0.15, -0.1) is 0 Å². The Morgan fingerprint density at radius 2 is 1.59 bits per heavy atom. The Kier molecular flexibility index (Phi) is 11.4. The van der Waals surface area contributed by atoms with Gasteiger partial charge in [-0.25, -0.2) is 9.79 Å². The van der Waals surface area contributed by atoms with Gasteiger partial charge in [0, 0.05) is 117 Å². The van der Waals surface area contributed by atoms with Gasteiger partial charge in [0.2, 0.25) is 12.0 Å². The minimum Gasteiger partial charge on any atom is -0.459 e. The number of ether oxygens (including phenoxy) is 3. The van der Waals surface area contributed by atoms with Crippen molar-refractivity contribution in [3.8, 4) is 0 Å². The average molecular weight is 1100 g/mol. The molecule has 2 saturated carbocycles. The van der Waals surface area contributed by atoms with Crippen LogP contribution in [0.1, 0.15) is 71.6 Å². The molecule has 2 aromatic rings.